The molecule has 0 aromatic heterocycles. The average Bonchev–Trinajstić information content (AvgIpc) is 2.96. The molecule has 4 aliphatic carbocycles. The van der Waals surface area contributed by atoms with E-state index in [4.69, 9.17) is 9.84 Å². The molecular weight excluding hydrogens is 403 g/mol. The van der Waals surface area contributed by atoms with Gasteiger partial charge in [0.05, 0.1) is 26.0 Å². The quantitative estimate of drug-likeness (QED) is 0.549. The van der Waals surface area contributed by atoms with E-state index < -0.39 is 47.5 Å². The van der Waals surface area contributed by atoms with Crippen molar-refractivity contribution in [3.05, 3.63) is 23.8 Å². The van der Waals surface area contributed by atoms with E-state index in [1.165, 1.54) is 0 Å². The number of ether oxygens (including phenoxy) is 1. The molecule has 172 valence electrons. The molecule has 0 bridgehead atoms. The van der Waals surface area contributed by atoms with Crippen molar-refractivity contribution in [2.75, 3.05) is 26.5 Å². The first-order chi connectivity index (χ1) is 14.6. The Morgan fingerprint density at radius 3 is 2.77 bits per heavy atom. The normalized spacial score (nSPS) is 46.2. The Morgan fingerprint density at radius 1 is 1.35 bits per heavy atom. The molecule has 4 aliphatic rings. The highest BCUT2D eigenvalue weighted by Gasteiger charge is 2.71. The highest BCUT2D eigenvalue weighted by molar-refractivity contribution is 6.01. The molecule has 6 nitrogen and oxygen atoms in total. The van der Waals surface area contributed by atoms with E-state index in [9.17, 15) is 24.2 Å². The van der Waals surface area contributed by atoms with Gasteiger partial charge in [-0.05, 0) is 49.7 Å². The SMILES string of the molecule is C[C@]12C=CC(=O)C=C1CC[C@@H]1[C@@H]2[C@@H](O)C[C@@]2(C)[C@H]1C[C@@H](CF)[C@]2(O)C(=O)COCCO. The van der Waals surface area contributed by atoms with E-state index in [2.05, 4.69) is 0 Å². The van der Waals surface area contributed by atoms with Crippen molar-refractivity contribution in [1.82, 2.24) is 0 Å². The number of Topliss-reactive ketones (excluding diaryl/α,β-unsaturated/α-hetero) is 1. The van der Waals surface area contributed by atoms with Crippen molar-refractivity contribution in [1.29, 1.82) is 0 Å². The number of ketones is 2. The van der Waals surface area contributed by atoms with Gasteiger partial charge in [0.1, 0.15) is 12.2 Å². The minimum atomic E-state index is -1.93. The molecule has 0 aromatic carbocycles. The lowest BCUT2D eigenvalue weighted by atomic mass is 9.46. The Bertz CT molecular complexity index is 823. The molecule has 31 heavy (non-hydrogen) atoms. The summed E-state index contributed by atoms with van der Waals surface area (Å²) in [6, 6.07) is 0. The Morgan fingerprint density at radius 2 is 2.10 bits per heavy atom. The van der Waals surface area contributed by atoms with Crippen molar-refractivity contribution < 1.29 is 34.0 Å². The number of hydrogen-bond donors (Lipinski definition) is 3. The average molecular weight is 437 g/mol. The zero-order chi connectivity index (χ0) is 22.6. The summed E-state index contributed by atoms with van der Waals surface area (Å²) in [4.78, 5) is 25.0. The van der Waals surface area contributed by atoms with Crippen LogP contribution in [0.2, 0.25) is 0 Å². The number of aliphatic hydroxyl groups excluding tert-OH is 2. The van der Waals surface area contributed by atoms with E-state index in [1.807, 2.05) is 19.9 Å². The number of carbonyl (C=O) groups excluding carboxylic acids is 2. The van der Waals surface area contributed by atoms with Gasteiger partial charge in [-0.2, -0.15) is 0 Å². The standard InChI is InChI=1S/C24H33FO6/c1-22-6-5-16(27)9-14(22)3-4-17-18-10-15(12-25)24(30,20(29)13-31-8-7-26)23(18,2)11-19(28)21(17)22/h5-6,9,15,17-19,21,26,28,30H,3-4,7-8,10-13H2,1-2H3/t15-,17-,18-,19-,21+,22-,23-,24-/m0/s1. The van der Waals surface area contributed by atoms with Gasteiger partial charge in [-0.25, -0.2) is 0 Å². The second-order valence-corrected chi connectivity index (χ2v) is 10.3. The first kappa shape index (κ1) is 22.8. The summed E-state index contributed by atoms with van der Waals surface area (Å²) in [5.74, 6) is -1.75. The predicted molar refractivity (Wildman–Crippen MR) is 111 cm³/mol. The summed E-state index contributed by atoms with van der Waals surface area (Å²) in [7, 11) is 0. The third-order valence-corrected chi connectivity index (χ3v) is 8.97. The second kappa shape index (κ2) is 7.87. The van der Waals surface area contributed by atoms with E-state index in [0.29, 0.717) is 12.8 Å². The lowest BCUT2D eigenvalue weighted by Crippen LogP contribution is -2.63. The highest BCUT2D eigenvalue weighted by Crippen LogP contribution is 2.68. The van der Waals surface area contributed by atoms with Gasteiger partial charge >= 0.3 is 0 Å². The smallest absolute Gasteiger partial charge is 0.190 e. The lowest BCUT2D eigenvalue weighted by molar-refractivity contribution is -0.186. The van der Waals surface area contributed by atoms with Crippen molar-refractivity contribution in [3.8, 4) is 0 Å². The van der Waals surface area contributed by atoms with Crippen LogP contribution in [0.1, 0.15) is 39.5 Å². The van der Waals surface area contributed by atoms with E-state index >= 15 is 0 Å². The maximum Gasteiger partial charge on any atom is 0.190 e. The minimum Gasteiger partial charge on any atom is -0.394 e. The molecule has 3 saturated carbocycles. The van der Waals surface area contributed by atoms with Crippen LogP contribution in [0.15, 0.2) is 23.8 Å². The summed E-state index contributed by atoms with van der Waals surface area (Å²) in [5, 5.41) is 32.0. The Labute approximate surface area is 182 Å². The van der Waals surface area contributed by atoms with Crippen molar-refractivity contribution in [2.45, 2.75) is 51.2 Å². The molecule has 4 rings (SSSR count). The van der Waals surface area contributed by atoms with Crippen LogP contribution in [0, 0.1) is 34.5 Å². The number of hydrogen-bond acceptors (Lipinski definition) is 6. The number of alkyl halides is 1. The molecule has 3 fully saturated rings. The summed E-state index contributed by atoms with van der Waals surface area (Å²) in [6.07, 6.45) is 6.33. The summed E-state index contributed by atoms with van der Waals surface area (Å²) in [5.41, 5.74) is -2.34. The monoisotopic (exact) mass is 436 g/mol. The van der Waals surface area contributed by atoms with Crippen LogP contribution >= 0.6 is 0 Å². The molecule has 7 heteroatoms. The van der Waals surface area contributed by atoms with Crippen LogP contribution in [0.5, 0.6) is 0 Å². The Hall–Kier alpha value is -1.41. The van der Waals surface area contributed by atoms with Gasteiger partial charge in [0.2, 0.25) is 0 Å². The minimum absolute atomic E-state index is 0.00277. The van der Waals surface area contributed by atoms with Gasteiger partial charge < -0.3 is 20.1 Å². The highest BCUT2D eigenvalue weighted by atomic mass is 19.1. The topological polar surface area (TPSA) is 104 Å². The third kappa shape index (κ3) is 3.11. The maximum absolute atomic E-state index is 14.1. The molecule has 3 N–H and O–H groups in total. The van der Waals surface area contributed by atoms with Crippen LogP contribution in [0.25, 0.3) is 0 Å². The number of carbonyl (C=O) groups is 2. The second-order valence-electron chi connectivity index (χ2n) is 10.3. The zero-order valence-electron chi connectivity index (χ0n) is 18.2. The van der Waals surface area contributed by atoms with Gasteiger partial charge in [-0.15, -0.1) is 0 Å². The van der Waals surface area contributed by atoms with Gasteiger partial charge in [-0.3, -0.25) is 14.0 Å². The molecule has 0 saturated heterocycles. The first-order valence-corrected chi connectivity index (χ1v) is 11.3. The Kier molecular flexibility index (Phi) is 5.78. The van der Waals surface area contributed by atoms with E-state index in [0.717, 1.165) is 12.0 Å². The number of halogens is 1. The fourth-order valence-electron chi connectivity index (χ4n) is 7.55. The fourth-order valence-corrected chi connectivity index (χ4v) is 7.55. The summed E-state index contributed by atoms with van der Waals surface area (Å²) in [6.45, 7) is 2.37. The largest absolute Gasteiger partial charge is 0.394 e. The molecular formula is C24H33FO6. The van der Waals surface area contributed by atoms with Gasteiger partial charge in [0, 0.05) is 22.7 Å². The summed E-state index contributed by atoms with van der Waals surface area (Å²) >= 11 is 0. The zero-order valence-corrected chi connectivity index (χ0v) is 18.2. The van der Waals surface area contributed by atoms with Crippen LogP contribution in [0.4, 0.5) is 4.39 Å². The van der Waals surface area contributed by atoms with Gasteiger partial charge in [0.25, 0.3) is 0 Å². The van der Waals surface area contributed by atoms with Crippen molar-refractivity contribution >= 4 is 11.6 Å². The maximum atomic E-state index is 14.1. The lowest BCUT2D eigenvalue weighted by Gasteiger charge is -2.59. The van der Waals surface area contributed by atoms with Gasteiger partial charge in [-0.1, -0.05) is 25.5 Å². The molecule has 0 aliphatic heterocycles. The number of aliphatic hydroxyl groups is 3. The third-order valence-electron chi connectivity index (χ3n) is 8.97. The predicted octanol–water partition coefficient (Wildman–Crippen LogP) is 1.77. The van der Waals surface area contributed by atoms with E-state index in [-0.39, 0.29) is 43.2 Å². The van der Waals surface area contributed by atoms with E-state index in [1.54, 1.807) is 12.2 Å². The molecule has 0 amide bonds. The molecule has 0 radical (unpaired) electrons. The van der Waals surface area contributed by atoms with Crippen LogP contribution in [0.3, 0.4) is 0 Å². The first-order valence-electron chi connectivity index (χ1n) is 11.3. The van der Waals surface area contributed by atoms with Crippen LogP contribution < -0.4 is 0 Å². The molecule has 0 spiro atoms. The van der Waals surface area contributed by atoms with Crippen molar-refractivity contribution in [2.24, 2.45) is 34.5 Å². The van der Waals surface area contributed by atoms with Crippen LogP contribution in [-0.4, -0.2) is 65.1 Å². The molecule has 0 heterocycles. The van der Waals surface area contributed by atoms with Crippen molar-refractivity contribution in [3.63, 3.8) is 0 Å². The number of allylic oxidation sites excluding steroid dienone is 4. The van der Waals surface area contributed by atoms with Gasteiger partial charge in [0.15, 0.2) is 11.6 Å². The number of fused-ring (bicyclic) bond motifs is 5. The Balaban J connectivity index is 1.70. The molecule has 0 aromatic rings. The molecule has 8 atom stereocenters. The summed E-state index contributed by atoms with van der Waals surface area (Å²) < 4.78 is 19.3. The fraction of sp³-hybridized carbons (Fsp3) is 0.750. The number of rotatable bonds is 6. The van der Waals surface area contributed by atoms with Crippen LogP contribution in [-0.2, 0) is 14.3 Å². The molecule has 0 unspecified atom stereocenters.